The van der Waals surface area contributed by atoms with E-state index in [1.807, 2.05) is 0 Å². The number of H-pyrrole nitrogens is 1. The third-order valence-corrected chi connectivity index (χ3v) is 1.52. The van der Waals surface area contributed by atoms with E-state index in [1.54, 1.807) is 12.3 Å². The van der Waals surface area contributed by atoms with Crippen molar-refractivity contribution < 1.29 is 4.79 Å². The minimum atomic E-state index is -0.348. The van der Waals surface area contributed by atoms with Crippen molar-refractivity contribution in [3.8, 4) is 0 Å². The van der Waals surface area contributed by atoms with E-state index in [1.165, 1.54) is 11.2 Å². The molecule has 0 bridgehead atoms. The maximum Gasteiger partial charge on any atom is 0.329 e. The van der Waals surface area contributed by atoms with Crippen molar-refractivity contribution in [2.24, 2.45) is 4.99 Å². The van der Waals surface area contributed by atoms with Crippen LogP contribution < -0.4 is 5.32 Å². The van der Waals surface area contributed by atoms with Crippen molar-refractivity contribution in [3.05, 3.63) is 12.3 Å². The van der Waals surface area contributed by atoms with Crippen molar-refractivity contribution in [3.63, 3.8) is 0 Å². The number of nitrogens with zero attached hydrogens (tertiary/aromatic N) is 5. The summed E-state index contributed by atoms with van der Waals surface area (Å²) in [6.45, 7) is 0.479. The van der Waals surface area contributed by atoms with E-state index in [2.05, 4.69) is 30.9 Å². The van der Waals surface area contributed by atoms with Crippen LogP contribution in [0.2, 0.25) is 0 Å². The Morgan fingerprint density at radius 3 is 3.21 bits per heavy atom. The summed E-state index contributed by atoms with van der Waals surface area (Å²) < 4.78 is 0. The van der Waals surface area contributed by atoms with Crippen molar-refractivity contribution in [2.75, 3.05) is 11.9 Å². The second kappa shape index (κ2) is 3.64. The van der Waals surface area contributed by atoms with Gasteiger partial charge >= 0.3 is 6.03 Å². The number of hydrogen-bond acceptors (Lipinski definition) is 5. The highest BCUT2D eigenvalue weighted by Gasteiger charge is 2.12. The lowest BCUT2D eigenvalue weighted by Crippen LogP contribution is -2.35. The molecule has 1 aromatic heterocycles. The summed E-state index contributed by atoms with van der Waals surface area (Å²) in [6, 6.07) is -0.348. The molecule has 0 spiro atoms. The lowest BCUT2D eigenvalue weighted by Gasteiger charge is -2.16. The standard InChI is InChI=1S/C6H7N7O/c14-6(8-5-9-11-12-10-5)13-3-1-2-7-4-13/h1-2,4H,3H2,(H2,8,9,10,11,12,14). The number of urea groups is 1. The van der Waals surface area contributed by atoms with Gasteiger partial charge < -0.3 is 0 Å². The number of nitrogens with one attached hydrogen (secondary N) is 2. The van der Waals surface area contributed by atoms with Crippen molar-refractivity contribution in [2.45, 2.75) is 0 Å². The molecule has 0 aromatic carbocycles. The van der Waals surface area contributed by atoms with Crippen LogP contribution in [0.3, 0.4) is 0 Å². The zero-order chi connectivity index (χ0) is 9.80. The topological polar surface area (TPSA) is 99.2 Å². The fraction of sp³-hybridized carbons (Fsp3) is 0.167. The fourth-order valence-corrected chi connectivity index (χ4v) is 0.905. The minimum Gasteiger partial charge on any atom is -0.280 e. The molecular weight excluding hydrogens is 186 g/mol. The summed E-state index contributed by atoms with van der Waals surface area (Å²) in [5.41, 5.74) is 0. The van der Waals surface area contributed by atoms with Crippen LogP contribution in [-0.2, 0) is 0 Å². The normalized spacial score (nSPS) is 14.4. The molecule has 8 nitrogen and oxygen atoms in total. The van der Waals surface area contributed by atoms with Gasteiger partial charge in [-0.2, -0.15) is 5.21 Å². The quantitative estimate of drug-likeness (QED) is 0.633. The number of aromatic nitrogens is 4. The molecule has 2 heterocycles. The highest BCUT2D eigenvalue weighted by atomic mass is 16.2. The summed E-state index contributed by atoms with van der Waals surface area (Å²) in [7, 11) is 0. The Bertz CT molecular complexity index is 368. The highest BCUT2D eigenvalue weighted by Crippen LogP contribution is 1.98. The van der Waals surface area contributed by atoms with Gasteiger partial charge in [-0.05, 0) is 11.3 Å². The fourth-order valence-electron chi connectivity index (χ4n) is 0.905. The van der Waals surface area contributed by atoms with Crippen LogP contribution in [-0.4, -0.2) is 44.4 Å². The third-order valence-electron chi connectivity index (χ3n) is 1.52. The largest absolute Gasteiger partial charge is 0.329 e. The summed E-state index contributed by atoms with van der Waals surface area (Å²) >= 11 is 0. The maximum atomic E-state index is 11.4. The van der Waals surface area contributed by atoms with Crippen molar-refractivity contribution in [1.29, 1.82) is 0 Å². The van der Waals surface area contributed by atoms with Gasteiger partial charge in [0.15, 0.2) is 0 Å². The zero-order valence-electron chi connectivity index (χ0n) is 7.08. The average molecular weight is 193 g/mol. The van der Waals surface area contributed by atoms with Crippen LogP contribution in [0.15, 0.2) is 17.3 Å². The lowest BCUT2D eigenvalue weighted by atomic mass is 10.5. The van der Waals surface area contributed by atoms with Gasteiger partial charge in [-0.25, -0.2) is 9.79 Å². The number of tetrazole rings is 1. The highest BCUT2D eigenvalue weighted by molar-refractivity contribution is 5.95. The zero-order valence-corrected chi connectivity index (χ0v) is 7.08. The van der Waals surface area contributed by atoms with Gasteiger partial charge in [-0.1, -0.05) is 5.10 Å². The Morgan fingerprint density at radius 1 is 1.64 bits per heavy atom. The Balaban J connectivity index is 1.96. The molecule has 1 aromatic rings. The van der Waals surface area contributed by atoms with Crippen LogP contribution in [0.25, 0.3) is 0 Å². The summed E-state index contributed by atoms with van der Waals surface area (Å²) in [5, 5.41) is 15.1. The Labute approximate surface area is 78.7 Å². The van der Waals surface area contributed by atoms with E-state index < -0.39 is 0 Å². The second-order valence-corrected chi connectivity index (χ2v) is 2.47. The van der Waals surface area contributed by atoms with Gasteiger partial charge in [0.2, 0.25) is 0 Å². The third kappa shape index (κ3) is 1.73. The summed E-state index contributed by atoms with van der Waals surface area (Å²) in [4.78, 5) is 16.6. The number of aromatic amines is 1. The predicted octanol–water partition coefficient (Wildman–Crippen LogP) is -0.411. The average Bonchev–Trinajstić information content (AvgIpc) is 2.72. The molecule has 0 unspecified atom stereocenters. The molecule has 2 amide bonds. The van der Waals surface area contributed by atoms with Gasteiger partial charge in [-0.15, -0.1) is 5.10 Å². The number of anilines is 1. The molecule has 1 aliphatic heterocycles. The van der Waals surface area contributed by atoms with Gasteiger partial charge in [0, 0.05) is 12.7 Å². The number of carbonyl (C=O) groups is 1. The molecular formula is C6H7N7O. The summed E-state index contributed by atoms with van der Waals surface area (Å²) in [6.07, 6.45) is 4.81. The summed E-state index contributed by atoms with van der Waals surface area (Å²) in [5.74, 6) is 0.137. The van der Waals surface area contributed by atoms with Gasteiger partial charge in [0.05, 0.1) is 6.34 Å². The van der Waals surface area contributed by atoms with Gasteiger partial charge in [0.1, 0.15) is 0 Å². The van der Waals surface area contributed by atoms with E-state index >= 15 is 0 Å². The van der Waals surface area contributed by atoms with Gasteiger partial charge in [-0.3, -0.25) is 10.2 Å². The molecule has 0 saturated carbocycles. The molecule has 0 fully saturated rings. The lowest BCUT2D eigenvalue weighted by molar-refractivity contribution is 0.237. The van der Waals surface area contributed by atoms with E-state index in [0.29, 0.717) is 6.54 Å². The van der Waals surface area contributed by atoms with Gasteiger partial charge in [0.25, 0.3) is 5.95 Å². The van der Waals surface area contributed by atoms with E-state index in [4.69, 9.17) is 0 Å². The smallest absolute Gasteiger partial charge is 0.280 e. The number of rotatable bonds is 1. The Hall–Kier alpha value is -2.25. The monoisotopic (exact) mass is 193 g/mol. The number of carbonyl (C=O) groups excluding carboxylic acids is 1. The Morgan fingerprint density at radius 2 is 2.57 bits per heavy atom. The molecule has 14 heavy (non-hydrogen) atoms. The van der Waals surface area contributed by atoms with Crippen LogP contribution in [0.1, 0.15) is 0 Å². The molecule has 2 rings (SSSR count). The van der Waals surface area contributed by atoms with Crippen LogP contribution in [0.4, 0.5) is 10.7 Å². The number of amides is 2. The molecule has 0 aliphatic carbocycles. The van der Waals surface area contributed by atoms with Crippen molar-refractivity contribution >= 4 is 18.3 Å². The van der Waals surface area contributed by atoms with E-state index in [-0.39, 0.29) is 12.0 Å². The molecule has 1 aliphatic rings. The SMILES string of the molecule is O=C(Nc1nn[nH]n1)N1C=NC=CC1. The van der Waals surface area contributed by atoms with E-state index in [9.17, 15) is 4.79 Å². The number of hydrogen-bond donors (Lipinski definition) is 2. The predicted molar refractivity (Wildman–Crippen MR) is 47.5 cm³/mol. The van der Waals surface area contributed by atoms with Crippen LogP contribution in [0, 0.1) is 0 Å². The first kappa shape index (κ1) is 8.35. The number of aliphatic imine (C=N–C) groups is 1. The first-order chi connectivity index (χ1) is 6.86. The van der Waals surface area contributed by atoms with Crippen LogP contribution >= 0.6 is 0 Å². The van der Waals surface area contributed by atoms with E-state index in [0.717, 1.165) is 0 Å². The van der Waals surface area contributed by atoms with Crippen molar-refractivity contribution in [1.82, 2.24) is 25.5 Å². The first-order valence-electron chi connectivity index (χ1n) is 3.85. The molecule has 0 saturated heterocycles. The Kier molecular flexibility index (Phi) is 2.17. The molecule has 0 atom stereocenters. The molecule has 0 radical (unpaired) electrons. The van der Waals surface area contributed by atoms with Crippen LogP contribution in [0.5, 0.6) is 0 Å². The molecule has 8 heteroatoms. The first-order valence-corrected chi connectivity index (χ1v) is 3.85. The molecule has 72 valence electrons. The minimum absolute atomic E-state index is 0.137. The molecule has 2 N–H and O–H groups in total. The maximum absolute atomic E-state index is 11.4. The second-order valence-electron chi connectivity index (χ2n) is 2.47.